The average Bonchev–Trinajstić information content (AvgIpc) is 2.76. The average molecular weight is 314 g/mol. The van der Waals surface area contributed by atoms with Gasteiger partial charge in [0.25, 0.3) is 0 Å². The molecule has 21 heavy (non-hydrogen) atoms. The van der Waals surface area contributed by atoms with Crippen molar-refractivity contribution in [2.75, 3.05) is 33.9 Å². The summed E-state index contributed by atoms with van der Waals surface area (Å²) in [5, 5.41) is 0. The Hall–Kier alpha value is -1.17. The van der Waals surface area contributed by atoms with Gasteiger partial charge in [0.15, 0.2) is 0 Å². The van der Waals surface area contributed by atoms with Crippen molar-refractivity contribution >= 4 is 22.6 Å². The number of benzene rings is 1. The van der Waals surface area contributed by atoms with Crippen molar-refractivity contribution < 1.29 is 9.13 Å². The summed E-state index contributed by atoms with van der Waals surface area (Å²) in [4.78, 5) is 6.46. The molecule has 116 valence electrons. The van der Waals surface area contributed by atoms with Crippen LogP contribution in [0.1, 0.15) is 11.4 Å². The molecule has 0 N–H and O–H groups in total. The Morgan fingerprint density at radius 1 is 1.33 bits per heavy atom. The van der Waals surface area contributed by atoms with Gasteiger partial charge in [0.1, 0.15) is 11.6 Å². The first kappa shape index (κ1) is 16.2. The lowest BCUT2D eigenvalue weighted by Crippen LogP contribution is -2.19. The summed E-state index contributed by atoms with van der Waals surface area (Å²) in [6, 6.07) is 3.28. The van der Waals surface area contributed by atoms with Crippen molar-refractivity contribution in [1.82, 2.24) is 14.5 Å². The number of alkyl halides is 1. The topological polar surface area (TPSA) is 30.3 Å². The number of halogens is 2. The van der Waals surface area contributed by atoms with Gasteiger partial charge in [-0.15, -0.1) is 11.6 Å². The summed E-state index contributed by atoms with van der Waals surface area (Å²) in [5.74, 6) is 0.802. The van der Waals surface area contributed by atoms with Gasteiger partial charge in [0.2, 0.25) is 0 Å². The van der Waals surface area contributed by atoms with Gasteiger partial charge in [0, 0.05) is 19.2 Å². The van der Waals surface area contributed by atoms with Crippen LogP contribution >= 0.6 is 11.6 Å². The molecule has 0 aliphatic rings. The van der Waals surface area contributed by atoms with E-state index in [-0.39, 0.29) is 5.82 Å². The lowest BCUT2D eigenvalue weighted by molar-refractivity contribution is 0.111. The van der Waals surface area contributed by atoms with Gasteiger partial charge >= 0.3 is 0 Å². The Labute approximate surface area is 129 Å². The zero-order valence-electron chi connectivity index (χ0n) is 12.7. The number of rotatable bonds is 7. The molecular formula is C15H21ClFN3O. The molecule has 2 aromatic rings. The van der Waals surface area contributed by atoms with Crippen molar-refractivity contribution in [2.24, 2.45) is 0 Å². The van der Waals surface area contributed by atoms with Gasteiger partial charge in [-0.2, -0.15) is 0 Å². The van der Waals surface area contributed by atoms with E-state index in [0.29, 0.717) is 36.7 Å². The highest BCUT2D eigenvalue weighted by Gasteiger charge is 2.12. The summed E-state index contributed by atoms with van der Waals surface area (Å²) in [7, 11) is 4.02. The van der Waals surface area contributed by atoms with Crippen LogP contribution in [0.4, 0.5) is 4.39 Å². The number of likely N-dealkylation sites (N-methyl/N-ethyl adjacent to an activating group) is 1. The van der Waals surface area contributed by atoms with Crippen LogP contribution in [0.25, 0.3) is 11.0 Å². The van der Waals surface area contributed by atoms with E-state index in [1.165, 1.54) is 6.07 Å². The summed E-state index contributed by atoms with van der Waals surface area (Å²) in [6.45, 7) is 4.57. The molecule has 0 saturated carbocycles. The Bertz CT molecular complexity index is 612. The molecule has 0 unspecified atom stereocenters. The van der Waals surface area contributed by atoms with E-state index < -0.39 is 0 Å². The van der Waals surface area contributed by atoms with Crippen LogP contribution in [-0.4, -0.2) is 48.3 Å². The maximum absolute atomic E-state index is 13.6. The highest BCUT2D eigenvalue weighted by Crippen LogP contribution is 2.21. The second kappa shape index (κ2) is 7.20. The molecule has 2 rings (SSSR count). The van der Waals surface area contributed by atoms with Crippen molar-refractivity contribution in [1.29, 1.82) is 0 Å². The minimum atomic E-state index is -0.240. The molecule has 0 fully saturated rings. The molecular weight excluding hydrogens is 293 g/mol. The SMILES string of the molecule is Cc1cc2c(cc1F)nc(CCl)n2CCOCCN(C)C. The number of hydrogen-bond acceptors (Lipinski definition) is 3. The number of aromatic nitrogens is 2. The third-order valence-corrected chi connectivity index (χ3v) is 3.61. The van der Waals surface area contributed by atoms with Crippen molar-refractivity contribution in [3.63, 3.8) is 0 Å². The van der Waals surface area contributed by atoms with E-state index in [2.05, 4.69) is 9.88 Å². The van der Waals surface area contributed by atoms with E-state index in [1.807, 2.05) is 24.7 Å². The summed E-state index contributed by atoms with van der Waals surface area (Å²) in [5.41, 5.74) is 2.15. The number of ether oxygens (including phenoxy) is 1. The summed E-state index contributed by atoms with van der Waals surface area (Å²) >= 11 is 5.94. The van der Waals surface area contributed by atoms with Crippen LogP contribution in [0.15, 0.2) is 12.1 Å². The standard InChI is InChI=1S/C15H21ClFN3O/c1-11-8-14-13(9-12(11)17)18-15(10-16)20(14)5-7-21-6-4-19(2)3/h8-9H,4-7,10H2,1-3H3. The van der Waals surface area contributed by atoms with Gasteiger partial charge in [-0.3, -0.25) is 0 Å². The van der Waals surface area contributed by atoms with E-state index in [0.717, 1.165) is 17.9 Å². The molecule has 0 bridgehead atoms. The molecule has 0 radical (unpaired) electrons. The summed E-state index contributed by atoms with van der Waals surface area (Å²) < 4.78 is 21.2. The second-order valence-electron chi connectivity index (χ2n) is 5.32. The normalized spacial score (nSPS) is 11.7. The van der Waals surface area contributed by atoms with Gasteiger partial charge in [-0.05, 0) is 32.6 Å². The molecule has 0 amide bonds. The molecule has 4 nitrogen and oxygen atoms in total. The van der Waals surface area contributed by atoms with E-state index in [4.69, 9.17) is 16.3 Å². The first-order valence-corrected chi connectivity index (χ1v) is 7.50. The van der Waals surface area contributed by atoms with E-state index in [9.17, 15) is 4.39 Å². The zero-order valence-corrected chi connectivity index (χ0v) is 13.5. The molecule has 1 aromatic carbocycles. The predicted octanol–water partition coefficient (Wildman–Crippen LogP) is 2.80. The Kier molecular flexibility index (Phi) is 5.56. The summed E-state index contributed by atoms with van der Waals surface area (Å²) in [6.07, 6.45) is 0. The van der Waals surface area contributed by atoms with Gasteiger partial charge in [0.05, 0.1) is 30.1 Å². The third kappa shape index (κ3) is 3.93. The smallest absolute Gasteiger partial charge is 0.128 e. The van der Waals surface area contributed by atoms with Crippen LogP contribution in [-0.2, 0) is 17.2 Å². The highest BCUT2D eigenvalue weighted by molar-refractivity contribution is 6.16. The Balaban J connectivity index is 2.12. The van der Waals surface area contributed by atoms with Crippen LogP contribution in [0.5, 0.6) is 0 Å². The molecule has 1 heterocycles. The molecule has 1 aromatic heterocycles. The maximum Gasteiger partial charge on any atom is 0.128 e. The fraction of sp³-hybridized carbons (Fsp3) is 0.533. The molecule has 0 spiro atoms. The Morgan fingerprint density at radius 3 is 2.76 bits per heavy atom. The fourth-order valence-corrected chi connectivity index (χ4v) is 2.36. The lowest BCUT2D eigenvalue weighted by Gasteiger charge is -2.11. The quantitative estimate of drug-likeness (QED) is 0.581. The molecule has 0 aliphatic heterocycles. The molecule has 0 atom stereocenters. The number of fused-ring (bicyclic) bond motifs is 1. The fourth-order valence-electron chi connectivity index (χ4n) is 2.16. The van der Waals surface area contributed by atoms with Gasteiger partial charge in [-0.1, -0.05) is 0 Å². The molecule has 0 aliphatic carbocycles. The number of hydrogen-bond donors (Lipinski definition) is 0. The zero-order chi connectivity index (χ0) is 15.4. The van der Waals surface area contributed by atoms with Crippen molar-refractivity contribution in [3.05, 3.63) is 29.3 Å². The minimum Gasteiger partial charge on any atom is -0.378 e. The number of aryl methyl sites for hydroxylation is 1. The first-order valence-electron chi connectivity index (χ1n) is 6.96. The molecule has 0 saturated heterocycles. The monoisotopic (exact) mass is 313 g/mol. The lowest BCUT2D eigenvalue weighted by atomic mass is 10.2. The van der Waals surface area contributed by atoms with Crippen molar-refractivity contribution in [3.8, 4) is 0 Å². The van der Waals surface area contributed by atoms with Crippen molar-refractivity contribution in [2.45, 2.75) is 19.3 Å². The van der Waals surface area contributed by atoms with Crippen LogP contribution < -0.4 is 0 Å². The first-order chi connectivity index (χ1) is 10.0. The van der Waals surface area contributed by atoms with Crippen LogP contribution in [0.3, 0.4) is 0 Å². The second-order valence-corrected chi connectivity index (χ2v) is 5.59. The van der Waals surface area contributed by atoms with Gasteiger partial charge < -0.3 is 14.2 Å². The van der Waals surface area contributed by atoms with Gasteiger partial charge in [-0.25, -0.2) is 9.37 Å². The van der Waals surface area contributed by atoms with E-state index >= 15 is 0 Å². The van der Waals surface area contributed by atoms with E-state index in [1.54, 1.807) is 6.92 Å². The molecule has 6 heteroatoms. The maximum atomic E-state index is 13.6. The van der Waals surface area contributed by atoms with Crippen LogP contribution in [0, 0.1) is 12.7 Å². The highest BCUT2D eigenvalue weighted by atomic mass is 35.5. The largest absolute Gasteiger partial charge is 0.378 e. The number of imidazole rings is 1. The minimum absolute atomic E-state index is 0.240. The Morgan fingerprint density at radius 2 is 2.10 bits per heavy atom. The number of nitrogens with zero attached hydrogens (tertiary/aromatic N) is 3. The predicted molar refractivity (Wildman–Crippen MR) is 83.4 cm³/mol. The third-order valence-electron chi connectivity index (χ3n) is 3.37. The van der Waals surface area contributed by atoms with Crippen LogP contribution in [0.2, 0.25) is 0 Å².